The van der Waals surface area contributed by atoms with Crippen LogP contribution in [-0.4, -0.2) is 20.7 Å². The Morgan fingerprint density at radius 3 is 2.96 bits per heavy atom. The minimum absolute atomic E-state index is 0.00282. The van der Waals surface area contributed by atoms with Gasteiger partial charge in [0.25, 0.3) is 5.91 Å². The third kappa shape index (κ3) is 3.08. The number of carbonyl (C=O) groups is 1. The largest absolute Gasteiger partial charge is 0.352 e. The Kier molecular flexibility index (Phi) is 4.10. The van der Waals surface area contributed by atoms with Gasteiger partial charge < -0.3 is 10.3 Å². The highest BCUT2D eigenvalue weighted by molar-refractivity contribution is 7.71. The molecule has 0 bridgehead atoms. The number of hydrogen-bond donors (Lipinski definition) is 2. The second kappa shape index (κ2) is 5.92. The summed E-state index contributed by atoms with van der Waals surface area (Å²) < 4.78 is 2.54. The molecule has 0 fully saturated rings. The monoisotopic (exact) mass is 330 g/mol. The standard InChI is InChI=1S/C17H22N4OS/c1-17(2,3)21-14-8-4-7-13(12(14)10-19-21)20-15(22)11-6-5-9-18-16(11)23/h5-6,9-10,13H,4,7-8H2,1-3H3,(H,18,23)(H,20,22)/t13-/m0/s1. The Morgan fingerprint density at radius 1 is 1.48 bits per heavy atom. The zero-order valence-electron chi connectivity index (χ0n) is 13.7. The number of rotatable bonds is 2. The van der Waals surface area contributed by atoms with Crippen molar-refractivity contribution < 1.29 is 4.79 Å². The van der Waals surface area contributed by atoms with Crippen molar-refractivity contribution in [2.75, 3.05) is 0 Å². The molecule has 2 aromatic heterocycles. The zero-order valence-corrected chi connectivity index (χ0v) is 14.5. The first-order valence-corrected chi connectivity index (χ1v) is 8.34. The summed E-state index contributed by atoms with van der Waals surface area (Å²) in [4.78, 5) is 15.4. The van der Waals surface area contributed by atoms with Crippen molar-refractivity contribution in [3.8, 4) is 0 Å². The fourth-order valence-corrected chi connectivity index (χ4v) is 3.35. The van der Waals surface area contributed by atoms with E-state index in [1.807, 2.05) is 6.20 Å². The lowest BCUT2D eigenvalue weighted by atomic mass is 9.92. The molecular formula is C17H22N4OS. The first kappa shape index (κ1) is 15.9. The van der Waals surface area contributed by atoms with Crippen molar-refractivity contribution in [2.45, 2.75) is 51.6 Å². The molecule has 2 aromatic rings. The lowest BCUT2D eigenvalue weighted by molar-refractivity contribution is 0.0931. The van der Waals surface area contributed by atoms with Crippen LogP contribution >= 0.6 is 12.2 Å². The van der Waals surface area contributed by atoms with Crippen LogP contribution in [0.5, 0.6) is 0 Å². The topological polar surface area (TPSA) is 62.7 Å². The third-order valence-corrected chi connectivity index (χ3v) is 4.52. The molecule has 2 heterocycles. The first-order chi connectivity index (χ1) is 10.9. The van der Waals surface area contributed by atoms with Gasteiger partial charge in [0.15, 0.2) is 0 Å². The van der Waals surface area contributed by atoms with Crippen molar-refractivity contribution in [1.29, 1.82) is 0 Å². The van der Waals surface area contributed by atoms with Gasteiger partial charge in [-0.3, -0.25) is 9.48 Å². The molecular weight excluding hydrogens is 308 g/mol. The van der Waals surface area contributed by atoms with E-state index in [1.54, 1.807) is 18.3 Å². The van der Waals surface area contributed by atoms with Crippen molar-refractivity contribution >= 4 is 18.1 Å². The van der Waals surface area contributed by atoms with Crippen LogP contribution in [0.1, 0.15) is 61.3 Å². The van der Waals surface area contributed by atoms with Crippen molar-refractivity contribution in [3.63, 3.8) is 0 Å². The SMILES string of the molecule is CC(C)(C)n1ncc2c1CCC[C@@H]2NC(=O)c1ccc[nH]c1=S. The molecule has 2 N–H and O–H groups in total. The van der Waals surface area contributed by atoms with E-state index in [0.717, 1.165) is 24.8 Å². The maximum atomic E-state index is 12.5. The molecule has 1 atom stereocenters. The smallest absolute Gasteiger partial charge is 0.254 e. The predicted molar refractivity (Wildman–Crippen MR) is 92.0 cm³/mol. The Morgan fingerprint density at radius 2 is 2.26 bits per heavy atom. The Hall–Kier alpha value is -1.95. The van der Waals surface area contributed by atoms with Crippen LogP contribution in [0.25, 0.3) is 0 Å². The molecule has 0 spiro atoms. The molecule has 6 heteroatoms. The van der Waals surface area contributed by atoms with Gasteiger partial charge in [-0.15, -0.1) is 0 Å². The van der Waals surface area contributed by atoms with Crippen LogP contribution < -0.4 is 5.32 Å². The number of amides is 1. The highest BCUT2D eigenvalue weighted by Gasteiger charge is 2.29. The molecule has 122 valence electrons. The summed E-state index contributed by atoms with van der Waals surface area (Å²) in [6.07, 6.45) is 6.60. The molecule has 0 aliphatic heterocycles. The van der Waals surface area contributed by atoms with Crippen molar-refractivity contribution in [1.82, 2.24) is 20.1 Å². The molecule has 0 aromatic carbocycles. The molecule has 1 aliphatic rings. The summed E-state index contributed by atoms with van der Waals surface area (Å²) in [7, 11) is 0. The van der Waals surface area contributed by atoms with E-state index in [4.69, 9.17) is 12.2 Å². The number of nitrogens with one attached hydrogen (secondary N) is 2. The molecule has 0 radical (unpaired) electrons. The molecule has 0 unspecified atom stereocenters. The zero-order chi connectivity index (χ0) is 16.6. The predicted octanol–water partition coefficient (Wildman–Crippen LogP) is 3.50. The normalized spacial score (nSPS) is 17.6. The average molecular weight is 330 g/mol. The van der Waals surface area contributed by atoms with E-state index < -0.39 is 0 Å². The number of H-pyrrole nitrogens is 1. The van der Waals surface area contributed by atoms with Gasteiger partial charge in [-0.05, 0) is 52.2 Å². The lowest BCUT2D eigenvalue weighted by Crippen LogP contribution is -2.32. The summed E-state index contributed by atoms with van der Waals surface area (Å²) in [5.74, 6) is -0.131. The van der Waals surface area contributed by atoms with Gasteiger partial charge in [0.2, 0.25) is 0 Å². The highest BCUT2D eigenvalue weighted by Crippen LogP contribution is 2.32. The number of hydrogen-bond acceptors (Lipinski definition) is 3. The Labute approximate surface area is 141 Å². The first-order valence-electron chi connectivity index (χ1n) is 7.94. The van der Waals surface area contributed by atoms with Crippen molar-refractivity contribution in [3.05, 3.63) is 46.0 Å². The fraction of sp³-hybridized carbons (Fsp3) is 0.471. The van der Waals surface area contributed by atoms with Gasteiger partial charge in [-0.25, -0.2) is 0 Å². The van der Waals surface area contributed by atoms with E-state index >= 15 is 0 Å². The number of fused-ring (bicyclic) bond motifs is 1. The average Bonchev–Trinajstić information content (AvgIpc) is 2.92. The van der Waals surface area contributed by atoms with Gasteiger partial charge in [0.05, 0.1) is 23.3 Å². The van der Waals surface area contributed by atoms with Gasteiger partial charge in [-0.2, -0.15) is 5.10 Å². The minimum Gasteiger partial charge on any atom is -0.352 e. The maximum absolute atomic E-state index is 12.5. The molecule has 3 rings (SSSR count). The van der Waals surface area contributed by atoms with Crippen LogP contribution in [0.2, 0.25) is 0 Å². The number of nitrogens with zero attached hydrogens (tertiary/aromatic N) is 2. The molecule has 5 nitrogen and oxygen atoms in total. The van der Waals surface area contributed by atoms with Crippen LogP contribution in [0.15, 0.2) is 24.5 Å². The van der Waals surface area contributed by atoms with Crippen molar-refractivity contribution in [2.24, 2.45) is 0 Å². The summed E-state index contributed by atoms with van der Waals surface area (Å²) in [5.41, 5.74) is 2.82. The number of aromatic amines is 1. The van der Waals surface area contributed by atoms with Gasteiger partial charge in [-0.1, -0.05) is 12.2 Å². The molecule has 0 saturated carbocycles. The second-order valence-corrected chi connectivity index (χ2v) is 7.37. The van der Waals surface area contributed by atoms with E-state index in [2.05, 4.69) is 40.9 Å². The summed E-state index contributed by atoms with van der Waals surface area (Å²) in [6, 6.07) is 3.53. The van der Waals surface area contributed by atoms with Crippen LogP contribution in [0.4, 0.5) is 0 Å². The van der Waals surface area contributed by atoms with Gasteiger partial charge in [0.1, 0.15) is 4.64 Å². The van der Waals surface area contributed by atoms with E-state index in [-0.39, 0.29) is 17.5 Å². The van der Waals surface area contributed by atoms with E-state index in [0.29, 0.717) is 10.2 Å². The lowest BCUT2D eigenvalue weighted by Gasteiger charge is -2.28. The quantitative estimate of drug-likeness (QED) is 0.828. The maximum Gasteiger partial charge on any atom is 0.254 e. The molecule has 0 saturated heterocycles. The molecule has 23 heavy (non-hydrogen) atoms. The number of pyridine rings is 1. The van der Waals surface area contributed by atoms with E-state index in [9.17, 15) is 4.79 Å². The number of carbonyl (C=O) groups excluding carboxylic acids is 1. The Balaban J connectivity index is 1.87. The van der Waals surface area contributed by atoms with Crippen LogP contribution in [0.3, 0.4) is 0 Å². The fourth-order valence-electron chi connectivity index (χ4n) is 3.12. The highest BCUT2D eigenvalue weighted by atomic mass is 32.1. The van der Waals surface area contributed by atoms with Gasteiger partial charge in [0, 0.05) is 17.5 Å². The van der Waals surface area contributed by atoms with E-state index in [1.165, 1.54) is 5.69 Å². The molecule has 1 aliphatic carbocycles. The molecule has 1 amide bonds. The Bertz CT molecular complexity index is 784. The third-order valence-electron chi connectivity index (χ3n) is 4.19. The second-order valence-electron chi connectivity index (χ2n) is 6.96. The summed E-state index contributed by atoms with van der Waals surface area (Å²) in [5, 5.41) is 7.67. The van der Waals surface area contributed by atoms with Crippen LogP contribution in [0, 0.1) is 4.64 Å². The summed E-state index contributed by atoms with van der Waals surface area (Å²) in [6.45, 7) is 6.43. The minimum atomic E-state index is -0.131. The number of aromatic nitrogens is 3. The summed E-state index contributed by atoms with van der Waals surface area (Å²) >= 11 is 5.19. The van der Waals surface area contributed by atoms with Crippen LogP contribution in [-0.2, 0) is 12.0 Å². The van der Waals surface area contributed by atoms with Gasteiger partial charge >= 0.3 is 0 Å².